The highest BCUT2D eigenvalue weighted by Crippen LogP contribution is 2.50. The summed E-state index contributed by atoms with van der Waals surface area (Å²) in [5.74, 6) is -1.87. The number of benzene rings is 1. The highest BCUT2D eigenvalue weighted by molar-refractivity contribution is 7.18. The van der Waals surface area contributed by atoms with Crippen molar-refractivity contribution in [1.29, 1.82) is 0 Å². The number of thiazole rings is 1. The van der Waals surface area contributed by atoms with Crippen molar-refractivity contribution < 1.29 is 19.1 Å². The van der Waals surface area contributed by atoms with Crippen LogP contribution in [0.1, 0.15) is 59.6 Å². The molecule has 10 nitrogen and oxygen atoms in total. The van der Waals surface area contributed by atoms with Crippen LogP contribution in [-0.2, 0) is 15.0 Å². The van der Waals surface area contributed by atoms with Crippen molar-refractivity contribution >= 4 is 45.0 Å². The first-order chi connectivity index (χ1) is 18.6. The first kappa shape index (κ1) is 27.0. The topological polar surface area (TPSA) is 131 Å². The van der Waals surface area contributed by atoms with Gasteiger partial charge >= 0.3 is 11.8 Å². The number of rotatable bonds is 7. The number of fused-ring (bicyclic) bond motifs is 1. The van der Waals surface area contributed by atoms with Gasteiger partial charge in [-0.1, -0.05) is 13.0 Å². The molecule has 3 aromatic rings. The minimum absolute atomic E-state index is 0.0155. The summed E-state index contributed by atoms with van der Waals surface area (Å²) in [7, 11) is 5.56. The summed E-state index contributed by atoms with van der Waals surface area (Å²) in [6, 6.07) is 7.34. The van der Waals surface area contributed by atoms with Crippen molar-refractivity contribution in [2.75, 3.05) is 39.6 Å². The average Bonchev–Trinajstić information content (AvgIpc) is 3.54. The number of hydrogen-bond donors (Lipinski definition) is 2. The van der Waals surface area contributed by atoms with Crippen molar-refractivity contribution in [2.24, 2.45) is 11.7 Å². The molecule has 2 aliphatic rings. The number of hydrogen-bond acceptors (Lipinski definition) is 8. The van der Waals surface area contributed by atoms with Gasteiger partial charge in [-0.15, -0.1) is 11.3 Å². The minimum atomic E-state index is -0.798. The van der Waals surface area contributed by atoms with E-state index in [1.165, 1.54) is 24.4 Å². The number of nitrogens with zero attached hydrogens (tertiary/aromatic N) is 4. The molecule has 206 valence electrons. The lowest BCUT2D eigenvalue weighted by Crippen LogP contribution is -2.46. The molecular weight excluding hydrogens is 516 g/mol. The molecule has 2 atom stereocenters. The number of nitrogens with two attached hydrogens (primary N) is 1. The Morgan fingerprint density at radius 3 is 2.67 bits per heavy atom. The largest absolute Gasteiger partial charge is 0.480 e. The number of likely N-dealkylation sites (tertiary alicyclic amines) is 1. The van der Waals surface area contributed by atoms with E-state index in [9.17, 15) is 14.4 Å². The third-order valence-electron chi connectivity index (χ3n) is 7.56. The van der Waals surface area contributed by atoms with E-state index >= 15 is 0 Å². The van der Waals surface area contributed by atoms with Gasteiger partial charge in [0.1, 0.15) is 10.6 Å². The quantitative estimate of drug-likeness (QED) is 0.432. The molecule has 0 spiro atoms. The van der Waals surface area contributed by atoms with Crippen molar-refractivity contribution in [3.05, 3.63) is 46.6 Å². The minimum Gasteiger partial charge on any atom is -0.480 e. The van der Waals surface area contributed by atoms with Crippen LogP contribution < -0.4 is 15.8 Å². The number of piperidine rings is 1. The fourth-order valence-corrected chi connectivity index (χ4v) is 6.66. The molecule has 11 heteroatoms. The third-order valence-corrected chi connectivity index (χ3v) is 8.85. The Labute approximate surface area is 231 Å². The standard InChI is InChI=1S/C28H34N6O4S/c1-16-5-7-21(17-6-8-22-20(11-17)32-27(39-22)28(9-10-28)15-33(2)3)34(14-16)26(37)24(36)31-18-12-19(23(29)35)25(38-4)30-13-18/h6,8,11-13,16,21H,5,7,9-10,14-15H2,1-4H3,(H2,29,35)(H,31,36)/t16-,21+/m0/s1. The van der Waals surface area contributed by atoms with Gasteiger partial charge in [0, 0.05) is 18.5 Å². The Balaban J connectivity index is 1.38. The van der Waals surface area contributed by atoms with Gasteiger partial charge in [0.2, 0.25) is 5.88 Å². The number of carbonyl (C=O) groups excluding carboxylic acids is 3. The van der Waals surface area contributed by atoms with E-state index in [1.54, 1.807) is 16.2 Å². The first-order valence-electron chi connectivity index (χ1n) is 13.1. The summed E-state index contributed by atoms with van der Waals surface area (Å²) < 4.78 is 6.18. The van der Waals surface area contributed by atoms with Gasteiger partial charge < -0.3 is 25.6 Å². The van der Waals surface area contributed by atoms with E-state index in [0.717, 1.165) is 48.0 Å². The zero-order valence-corrected chi connectivity index (χ0v) is 23.5. The van der Waals surface area contributed by atoms with Gasteiger partial charge in [0.05, 0.1) is 35.3 Å². The van der Waals surface area contributed by atoms with E-state index in [2.05, 4.69) is 54.4 Å². The highest BCUT2D eigenvalue weighted by Gasteiger charge is 2.47. The zero-order chi connectivity index (χ0) is 27.9. The second kappa shape index (κ2) is 10.5. The Bertz CT molecular complexity index is 1430. The summed E-state index contributed by atoms with van der Waals surface area (Å²) in [5.41, 5.74) is 7.67. The number of primary amides is 1. The van der Waals surface area contributed by atoms with Gasteiger partial charge in [-0.2, -0.15) is 0 Å². The first-order valence-corrected chi connectivity index (χ1v) is 13.9. The monoisotopic (exact) mass is 550 g/mol. The Morgan fingerprint density at radius 1 is 1.23 bits per heavy atom. The normalized spacial score (nSPS) is 20.2. The Morgan fingerprint density at radius 2 is 2.00 bits per heavy atom. The van der Waals surface area contributed by atoms with Gasteiger partial charge in [0.15, 0.2) is 0 Å². The van der Waals surface area contributed by atoms with Crippen LogP contribution in [0.4, 0.5) is 5.69 Å². The molecule has 1 saturated carbocycles. The molecule has 1 saturated heterocycles. The summed E-state index contributed by atoms with van der Waals surface area (Å²) in [5, 5.41) is 3.75. The molecule has 3 N–H and O–H groups in total. The molecule has 0 radical (unpaired) electrons. The highest BCUT2D eigenvalue weighted by atomic mass is 32.1. The number of nitrogens with one attached hydrogen (secondary N) is 1. The van der Waals surface area contributed by atoms with Crippen LogP contribution in [0, 0.1) is 5.92 Å². The molecule has 0 bridgehead atoms. The molecule has 39 heavy (non-hydrogen) atoms. The van der Waals surface area contributed by atoms with Gasteiger partial charge in [-0.25, -0.2) is 9.97 Å². The average molecular weight is 551 g/mol. The molecular formula is C28H34N6O4S. The third kappa shape index (κ3) is 5.46. The van der Waals surface area contributed by atoms with Crippen molar-refractivity contribution in [2.45, 2.75) is 44.1 Å². The van der Waals surface area contributed by atoms with Crippen LogP contribution in [0.2, 0.25) is 0 Å². The van der Waals surface area contributed by atoms with Crippen LogP contribution in [0.5, 0.6) is 5.88 Å². The fraction of sp³-hybridized carbons (Fsp3) is 0.464. The van der Waals surface area contributed by atoms with E-state index in [0.29, 0.717) is 6.54 Å². The lowest BCUT2D eigenvalue weighted by molar-refractivity contribution is -0.146. The summed E-state index contributed by atoms with van der Waals surface area (Å²) >= 11 is 1.75. The van der Waals surface area contributed by atoms with Gasteiger partial charge in [-0.05, 0) is 69.5 Å². The molecule has 2 fully saturated rings. The number of carbonyl (C=O) groups is 3. The number of likely N-dealkylation sites (N-methyl/N-ethyl adjacent to an activating group) is 1. The molecule has 1 aromatic carbocycles. The molecule has 3 heterocycles. The van der Waals surface area contributed by atoms with Crippen LogP contribution in [0.15, 0.2) is 30.5 Å². The molecule has 2 aromatic heterocycles. The van der Waals surface area contributed by atoms with Crippen LogP contribution >= 0.6 is 11.3 Å². The number of ether oxygens (including phenoxy) is 1. The number of pyridine rings is 1. The van der Waals surface area contributed by atoms with E-state index in [4.69, 9.17) is 15.5 Å². The summed E-state index contributed by atoms with van der Waals surface area (Å²) in [6.45, 7) is 3.54. The predicted octanol–water partition coefficient (Wildman–Crippen LogP) is 3.33. The van der Waals surface area contributed by atoms with Crippen LogP contribution in [0.25, 0.3) is 10.2 Å². The molecule has 1 aliphatic carbocycles. The lowest BCUT2D eigenvalue weighted by Gasteiger charge is -2.38. The fourth-order valence-electron chi connectivity index (χ4n) is 5.47. The van der Waals surface area contributed by atoms with E-state index < -0.39 is 17.7 Å². The van der Waals surface area contributed by atoms with E-state index in [1.807, 2.05) is 0 Å². The number of anilines is 1. The summed E-state index contributed by atoms with van der Waals surface area (Å²) in [4.78, 5) is 51.2. The zero-order valence-electron chi connectivity index (χ0n) is 22.7. The second-order valence-corrected chi connectivity index (χ2v) is 12.0. The Kier molecular flexibility index (Phi) is 7.30. The molecule has 3 amide bonds. The van der Waals surface area contributed by atoms with E-state index in [-0.39, 0.29) is 34.5 Å². The SMILES string of the molecule is COc1ncc(NC(=O)C(=O)N2C[C@@H](C)CC[C@@H]2c2ccc3sc(C4(CN(C)C)CC4)nc3c2)cc1C(N)=O. The summed E-state index contributed by atoms with van der Waals surface area (Å²) in [6.07, 6.45) is 5.33. The van der Waals surface area contributed by atoms with Crippen LogP contribution in [0.3, 0.4) is 0 Å². The number of aromatic nitrogens is 2. The molecule has 1 aliphatic heterocycles. The van der Waals surface area contributed by atoms with Crippen LogP contribution in [-0.4, -0.2) is 71.8 Å². The second-order valence-electron chi connectivity index (χ2n) is 11.0. The molecule has 0 unspecified atom stereocenters. The maximum absolute atomic E-state index is 13.4. The number of methoxy groups -OCH3 is 1. The smallest absolute Gasteiger partial charge is 0.313 e. The van der Waals surface area contributed by atoms with Gasteiger partial charge in [0.25, 0.3) is 5.91 Å². The number of amides is 3. The molecule has 5 rings (SSSR count). The van der Waals surface area contributed by atoms with Crippen molar-refractivity contribution in [3.8, 4) is 5.88 Å². The lowest BCUT2D eigenvalue weighted by atomic mass is 9.89. The maximum atomic E-state index is 13.4. The maximum Gasteiger partial charge on any atom is 0.313 e. The van der Waals surface area contributed by atoms with Crippen molar-refractivity contribution in [1.82, 2.24) is 19.8 Å². The van der Waals surface area contributed by atoms with Gasteiger partial charge in [-0.3, -0.25) is 14.4 Å². The predicted molar refractivity (Wildman–Crippen MR) is 150 cm³/mol. The Hall–Kier alpha value is -3.57. The van der Waals surface area contributed by atoms with Crippen molar-refractivity contribution in [3.63, 3.8) is 0 Å².